The largest absolute Gasteiger partial charge is 0.348 e. The van der Waals surface area contributed by atoms with Crippen LogP contribution in [0.5, 0.6) is 0 Å². The van der Waals surface area contributed by atoms with Crippen molar-refractivity contribution in [2.24, 2.45) is 0 Å². The molecule has 0 saturated carbocycles. The summed E-state index contributed by atoms with van der Waals surface area (Å²) >= 11 is 0. The van der Waals surface area contributed by atoms with Gasteiger partial charge >= 0.3 is 0 Å². The van der Waals surface area contributed by atoms with E-state index in [-0.39, 0.29) is 11.9 Å². The molecule has 1 aromatic heterocycles. The minimum atomic E-state index is -0.225. The predicted molar refractivity (Wildman–Crippen MR) is 104 cm³/mol. The van der Waals surface area contributed by atoms with Crippen LogP contribution in [0.25, 0.3) is 0 Å². The topological polar surface area (TPSA) is 66.9 Å². The van der Waals surface area contributed by atoms with Crippen LogP contribution in [0.3, 0.4) is 0 Å². The number of aryl methyl sites for hydroxylation is 1. The molecule has 0 radical (unpaired) electrons. The van der Waals surface area contributed by atoms with Crippen LogP contribution in [-0.4, -0.2) is 15.9 Å². The van der Waals surface area contributed by atoms with Crippen molar-refractivity contribution in [3.63, 3.8) is 0 Å². The highest BCUT2D eigenvalue weighted by Gasteiger charge is 2.10. The molecule has 2 N–H and O–H groups in total. The summed E-state index contributed by atoms with van der Waals surface area (Å²) < 4.78 is 0. The Bertz CT molecular complexity index is 845. The normalized spacial score (nSPS) is 11.6. The highest BCUT2D eigenvalue weighted by molar-refractivity contribution is 6.03. The van der Waals surface area contributed by atoms with E-state index in [1.54, 1.807) is 0 Å². The quantitative estimate of drug-likeness (QED) is 0.691. The van der Waals surface area contributed by atoms with Crippen LogP contribution in [-0.2, 0) is 6.42 Å². The summed E-state index contributed by atoms with van der Waals surface area (Å²) in [5.41, 5.74) is 3.55. The fourth-order valence-corrected chi connectivity index (χ4v) is 2.57. The Kier molecular flexibility index (Phi) is 5.59. The standard InChI is InChI=1S/C21H22N4O/c1-3-16-9-11-19(12-10-16)25-20(26)18-13-22-21(23-14-18)24-15(2)17-7-5-4-6-8-17/h4-15H,3H2,1-2H3,(H,25,26)(H,22,23,24). The Morgan fingerprint density at radius 1 is 1.00 bits per heavy atom. The molecule has 3 aromatic rings. The maximum Gasteiger partial charge on any atom is 0.258 e. The van der Waals surface area contributed by atoms with Crippen LogP contribution < -0.4 is 10.6 Å². The fourth-order valence-electron chi connectivity index (χ4n) is 2.57. The lowest BCUT2D eigenvalue weighted by Crippen LogP contribution is -2.14. The van der Waals surface area contributed by atoms with Gasteiger partial charge in [-0.05, 0) is 36.6 Å². The number of aromatic nitrogens is 2. The molecule has 1 amide bonds. The molecule has 5 heteroatoms. The van der Waals surface area contributed by atoms with Gasteiger partial charge in [0, 0.05) is 18.1 Å². The molecule has 132 valence electrons. The van der Waals surface area contributed by atoms with Crippen molar-refractivity contribution in [2.45, 2.75) is 26.3 Å². The number of rotatable bonds is 6. The molecule has 0 aliphatic carbocycles. The molecule has 0 fully saturated rings. The number of nitrogens with one attached hydrogen (secondary N) is 2. The first-order valence-corrected chi connectivity index (χ1v) is 8.69. The lowest BCUT2D eigenvalue weighted by molar-refractivity contribution is 0.102. The Morgan fingerprint density at radius 3 is 2.27 bits per heavy atom. The van der Waals surface area contributed by atoms with Crippen molar-refractivity contribution in [1.29, 1.82) is 0 Å². The van der Waals surface area contributed by atoms with E-state index in [0.29, 0.717) is 11.5 Å². The van der Waals surface area contributed by atoms with E-state index >= 15 is 0 Å². The number of hydrogen-bond donors (Lipinski definition) is 2. The Labute approximate surface area is 153 Å². The van der Waals surface area contributed by atoms with Gasteiger partial charge < -0.3 is 10.6 Å². The van der Waals surface area contributed by atoms with Crippen molar-refractivity contribution >= 4 is 17.5 Å². The van der Waals surface area contributed by atoms with Gasteiger partial charge in [0.25, 0.3) is 5.91 Å². The van der Waals surface area contributed by atoms with Crippen LogP contribution in [0.1, 0.15) is 41.4 Å². The molecule has 3 rings (SSSR count). The average molecular weight is 346 g/mol. The summed E-state index contributed by atoms with van der Waals surface area (Å²) in [6, 6.07) is 17.9. The molecule has 0 aliphatic rings. The van der Waals surface area contributed by atoms with Gasteiger partial charge in [0.15, 0.2) is 0 Å². The molecule has 2 aromatic carbocycles. The zero-order valence-corrected chi connectivity index (χ0v) is 14.9. The van der Waals surface area contributed by atoms with E-state index in [1.807, 2.05) is 61.5 Å². The smallest absolute Gasteiger partial charge is 0.258 e. The lowest BCUT2D eigenvalue weighted by atomic mass is 10.1. The number of anilines is 2. The summed E-state index contributed by atoms with van der Waals surface area (Å²) in [7, 11) is 0. The van der Waals surface area contributed by atoms with Crippen molar-refractivity contribution in [1.82, 2.24) is 9.97 Å². The van der Waals surface area contributed by atoms with Gasteiger partial charge in [-0.15, -0.1) is 0 Å². The van der Waals surface area contributed by atoms with Crippen LogP contribution >= 0.6 is 0 Å². The summed E-state index contributed by atoms with van der Waals surface area (Å²) in [4.78, 5) is 20.8. The zero-order valence-electron chi connectivity index (χ0n) is 14.9. The molecule has 1 unspecified atom stereocenters. The van der Waals surface area contributed by atoms with Crippen molar-refractivity contribution < 1.29 is 4.79 Å². The molecular weight excluding hydrogens is 324 g/mol. The first kappa shape index (κ1) is 17.6. The fraction of sp³-hybridized carbons (Fsp3) is 0.190. The zero-order chi connectivity index (χ0) is 18.4. The number of benzene rings is 2. The summed E-state index contributed by atoms with van der Waals surface area (Å²) in [5.74, 6) is 0.266. The molecule has 0 aliphatic heterocycles. The molecule has 0 spiro atoms. The molecule has 0 saturated heterocycles. The number of carbonyl (C=O) groups is 1. The molecule has 26 heavy (non-hydrogen) atoms. The van der Waals surface area contributed by atoms with E-state index in [4.69, 9.17) is 0 Å². The van der Waals surface area contributed by atoms with E-state index in [2.05, 4.69) is 27.5 Å². The van der Waals surface area contributed by atoms with Gasteiger partial charge in [-0.25, -0.2) is 9.97 Å². The van der Waals surface area contributed by atoms with E-state index in [0.717, 1.165) is 17.7 Å². The molecule has 5 nitrogen and oxygen atoms in total. The number of carbonyl (C=O) groups excluding carboxylic acids is 1. The second-order valence-corrected chi connectivity index (χ2v) is 6.08. The number of hydrogen-bond acceptors (Lipinski definition) is 4. The maximum atomic E-state index is 12.3. The van der Waals surface area contributed by atoms with E-state index < -0.39 is 0 Å². The van der Waals surface area contributed by atoms with Gasteiger partial charge in [-0.1, -0.05) is 49.4 Å². The SMILES string of the molecule is CCc1ccc(NC(=O)c2cnc(NC(C)c3ccccc3)nc2)cc1. The van der Waals surface area contributed by atoms with Gasteiger partial charge in [0.2, 0.25) is 5.95 Å². The van der Waals surface area contributed by atoms with Gasteiger partial charge in [0.05, 0.1) is 11.6 Å². The summed E-state index contributed by atoms with van der Waals surface area (Å²) in [6.45, 7) is 4.14. The Morgan fingerprint density at radius 2 is 1.65 bits per heavy atom. The molecule has 0 bridgehead atoms. The second-order valence-electron chi connectivity index (χ2n) is 6.08. The van der Waals surface area contributed by atoms with Crippen molar-refractivity contribution in [2.75, 3.05) is 10.6 Å². The van der Waals surface area contributed by atoms with Crippen LogP contribution in [0.2, 0.25) is 0 Å². The monoisotopic (exact) mass is 346 g/mol. The minimum Gasteiger partial charge on any atom is -0.348 e. The summed E-state index contributed by atoms with van der Waals surface area (Å²) in [6.07, 6.45) is 4.03. The minimum absolute atomic E-state index is 0.0768. The van der Waals surface area contributed by atoms with Gasteiger partial charge in [-0.3, -0.25) is 4.79 Å². The number of amides is 1. The lowest BCUT2D eigenvalue weighted by Gasteiger charge is -2.14. The third-order valence-electron chi connectivity index (χ3n) is 4.18. The molecule has 1 atom stereocenters. The second kappa shape index (κ2) is 8.25. The van der Waals surface area contributed by atoms with Crippen LogP contribution in [0, 0.1) is 0 Å². The third kappa shape index (κ3) is 4.45. The van der Waals surface area contributed by atoms with Crippen LogP contribution in [0.4, 0.5) is 11.6 Å². The van der Waals surface area contributed by atoms with E-state index in [1.165, 1.54) is 18.0 Å². The Hall–Kier alpha value is -3.21. The predicted octanol–water partition coefficient (Wildman–Crippen LogP) is 4.46. The first-order chi connectivity index (χ1) is 12.7. The van der Waals surface area contributed by atoms with Gasteiger partial charge in [0.1, 0.15) is 0 Å². The summed E-state index contributed by atoms with van der Waals surface area (Å²) in [5, 5.41) is 6.09. The van der Waals surface area contributed by atoms with Gasteiger partial charge in [-0.2, -0.15) is 0 Å². The highest BCUT2D eigenvalue weighted by atomic mass is 16.1. The first-order valence-electron chi connectivity index (χ1n) is 8.69. The van der Waals surface area contributed by atoms with Crippen molar-refractivity contribution in [3.05, 3.63) is 83.7 Å². The molecular formula is C21H22N4O. The van der Waals surface area contributed by atoms with Crippen LogP contribution in [0.15, 0.2) is 67.0 Å². The molecule has 1 heterocycles. The number of nitrogens with zero attached hydrogens (tertiary/aromatic N) is 2. The highest BCUT2D eigenvalue weighted by Crippen LogP contribution is 2.16. The van der Waals surface area contributed by atoms with Crippen molar-refractivity contribution in [3.8, 4) is 0 Å². The van der Waals surface area contributed by atoms with E-state index in [9.17, 15) is 4.79 Å². The maximum absolute atomic E-state index is 12.3. The Balaban J connectivity index is 1.62. The third-order valence-corrected chi connectivity index (χ3v) is 4.18. The average Bonchev–Trinajstić information content (AvgIpc) is 2.69.